The maximum atomic E-state index is 13.1. The van der Waals surface area contributed by atoms with Crippen LogP contribution in [0.5, 0.6) is 0 Å². The second-order valence-electron chi connectivity index (χ2n) is 5.39. The highest BCUT2D eigenvalue weighted by Crippen LogP contribution is 2.22. The number of imide groups is 1. The Balaban J connectivity index is 1.55. The average molecular weight is 297 g/mol. The van der Waals surface area contributed by atoms with E-state index >= 15 is 0 Å². The molecular formula is C18H16FNO2. The van der Waals surface area contributed by atoms with Gasteiger partial charge in [-0.15, -0.1) is 0 Å². The van der Waals surface area contributed by atoms with Crippen LogP contribution in [0.4, 0.5) is 4.39 Å². The van der Waals surface area contributed by atoms with E-state index in [0.29, 0.717) is 24.1 Å². The Labute approximate surface area is 128 Å². The molecule has 2 amide bonds. The zero-order chi connectivity index (χ0) is 15.5. The summed E-state index contributed by atoms with van der Waals surface area (Å²) in [5.74, 6) is -0.671. The number of benzene rings is 2. The van der Waals surface area contributed by atoms with E-state index in [4.69, 9.17) is 0 Å². The van der Waals surface area contributed by atoms with Crippen molar-refractivity contribution in [1.82, 2.24) is 4.90 Å². The molecule has 22 heavy (non-hydrogen) atoms. The second-order valence-corrected chi connectivity index (χ2v) is 5.39. The molecular weight excluding hydrogens is 281 g/mol. The number of aryl methyl sites for hydroxylation is 1. The van der Waals surface area contributed by atoms with Crippen LogP contribution in [0.25, 0.3) is 0 Å². The number of carbonyl (C=O) groups excluding carboxylic acids is 2. The topological polar surface area (TPSA) is 37.4 Å². The number of halogens is 1. The highest BCUT2D eigenvalue weighted by Gasteiger charge is 2.34. The molecule has 3 nitrogen and oxygen atoms in total. The third-order valence-electron chi connectivity index (χ3n) is 3.86. The fourth-order valence-electron chi connectivity index (χ4n) is 2.73. The van der Waals surface area contributed by atoms with E-state index in [0.717, 1.165) is 18.4 Å². The predicted molar refractivity (Wildman–Crippen MR) is 81.1 cm³/mol. The second kappa shape index (κ2) is 6.10. The summed E-state index contributed by atoms with van der Waals surface area (Å²) in [5, 5.41) is 0. The minimum Gasteiger partial charge on any atom is -0.274 e. The van der Waals surface area contributed by atoms with E-state index in [1.165, 1.54) is 17.0 Å². The lowest BCUT2D eigenvalue weighted by Crippen LogP contribution is -2.30. The molecule has 0 unspecified atom stereocenters. The molecule has 0 saturated heterocycles. The molecule has 0 bridgehead atoms. The molecule has 2 aromatic carbocycles. The van der Waals surface area contributed by atoms with Crippen LogP contribution in [0, 0.1) is 5.82 Å². The van der Waals surface area contributed by atoms with E-state index in [9.17, 15) is 14.0 Å². The van der Waals surface area contributed by atoms with Crippen molar-refractivity contribution >= 4 is 11.8 Å². The predicted octanol–water partition coefficient (Wildman–Crippen LogP) is 3.44. The van der Waals surface area contributed by atoms with Gasteiger partial charge in [-0.05, 0) is 49.1 Å². The van der Waals surface area contributed by atoms with Crippen molar-refractivity contribution in [1.29, 1.82) is 0 Å². The maximum Gasteiger partial charge on any atom is 0.261 e. The molecule has 0 saturated carbocycles. The first-order valence-corrected chi connectivity index (χ1v) is 7.36. The van der Waals surface area contributed by atoms with Crippen molar-refractivity contribution in [2.45, 2.75) is 19.3 Å². The fourth-order valence-corrected chi connectivity index (χ4v) is 2.73. The zero-order valence-corrected chi connectivity index (χ0v) is 12.1. The van der Waals surface area contributed by atoms with Crippen molar-refractivity contribution in [3.8, 4) is 0 Å². The van der Waals surface area contributed by atoms with Crippen LogP contribution in [0.2, 0.25) is 0 Å². The number of unbranched alkanes of at least 4 members (excludes halogenated alkanes) is 1. The third kappa shape index (κ3) is 2.77. The molecule has 4 heteroatoms. The Hall–Kier alpha value is -2.49. The smallest absolute Gasteiger partial charge is 0.261 e. The van der Waals surface area contributed by atoms with E-state index in [1.54, 1.807) is 30.3 Å². The van der Waals surface area contributed by atoms with Gasteiger partial charge in [0.15, 0.2) is 0 Å². The third-order valence-corrected chi connectivity index (χ3v) is 3.86. The van der Waals surface area contributed by atoms with E-state index in [2.05, 4.69) is 0 Å². The lowest BCUT2D eigenvalue weighted by atomic mass is 10.1. The first-order chi connectivity index (χ1) is 10.7. The van der Waals surface area contributed by atoms with Crippen LogP contribution < -0.4 is 0 Å². The molecule has 0 fully saturated rings. The lowest BCUT2D eigenvalue weighted by molar-refractivity contribution is 0.0652. The van der Waals surface area contributed by atoms with Crippen molar-refractivity contribution in [3.63, 3.8) is 0 Å². The molecule has 2 aromatic rings. The van der Waals surface area contributed by atoms with Gasteiger partial charge >= 0.3 is 0 Å². The van der Waals surface area contributed by atoms with E-state index < -0.39 is 0 Å². The lowest BCUT2D eigenvalue weighted by Gasteiger charge is -2.13. The number of fused-ring (bicyclic) bond motifs is 1. The molecule has 3 rings (SSSR count). The Morgan fingerprint density at radius 1 is 0.864 bits per heavy atom. The summed E-state index contributed by atoms with van der Waals surface area (Å²) in [6.45, 7) is 0.404. The largest absolute Gasteiger partial charge is 0.274 e. The number of hydrogen-bond donors (Lipinski definition) is 0. The van der Waals surface area contributed by atoms with E-state index in [-0.39, 0.29) is 17.6 Å². The SMILES string of the molecule is O=C1c2ccccc2C(=O)N1CCCCc1cccc(F)c1. The Kier molecular flexibility index (Phi) is 4.00. The monoisotopic (exact) mass is 297 g/mol. The number of nitrogens with zero attached hydrogens (tertiary/aromatic N) is 1. The van der Waals surface area contributed by atoms with Gasteiger partial charge in [0.1, 0.15) is 5.82 Å². The number of carbonyl (C=O) groups is 2. The molecule has 112 valence electrons. The van der Waals surface area contributed by atoms with Crippen LogP contribution in [-0.4, -0.2) is 23.3 Å². The summed E-state index contributed by atoms with van der Waals surface area (Å²) < 4.78 is 13.1. The Morgan fingerprint density at radius 3 is 2.18 bits per heavy atom. The molecule has 1 aliphatic heterocycles. The van der Waals surface area contributed by atoms with Gasteiger partial charge < -0.3 is 0 Å². The molecule has 0 radical (unpaired) electrons. The average Bonchev–Trinajstić information content (AvgIpc) is 2.77. The molecule has 1 heterocycles. The van der Waals surface area contributed by atoms with Gasteiger partial charge in [0.05, 0.1) is 11.1 Å². The molecule has 0 spiro atoms. The van der Waals surface area contributed by atoms with Gasteiger partial charge in [-0.3, -0.25) is 14.5 Å². The summed E-state index contributed by atoms with van der Waals surface area (Å²) in [6.07, 6.45) is 2.25. The molecule has 0 atom stereocenters. The number of hydrogen-bond acceptors (Lipinski definition) is 2. The van der Waals surface area contributed by atoms with Gasteiger partial charge in [-0.1, -0.05) is 24.3 Å². The normalized spacial score (nSPS) is 13.6. The first-order valence-electron chi connectivity index (χ1n) is 7.36. The molecule has 1 aliphatic rings. The zero-order valence-electron chi connectivity index (χ0n) is 12.1. The molecule has 0 N–H and O–H groups in total. The van der Waals surface area contributed by atoms with Crippen molar-refractivity contribution < 1.29 is 14.0 Å². The first kappa shape index (κ1) is 14.4. The van der Waals surface area contributed by atoms with Crippen molar-refractivity contribution in [2.75, 3.05) is 6.54 Å². The fraction of sp³-hybridized carbons (Fsp3) is 0.222. The summed E-state index contributed by atoms with van der Waals surface area (Å²) in [4.78, 5) is 25.6. The Bertz CT molecular complexity index is 692. The maximum absolute atomic E-state index is 13.1. The van der Waals surface area contributed by atoms with Crippen molar-refractivity contribution in [3.05, 3.63) is 71.0 Å². The van der Waals surface area contributed by atoms with Gasteiger partial charge in [0, 0.05) is 6.54 Å². The summed E-state index contributed by atoms with van der Waals surface area (Å²) in [5.41, 5.74) is 1.90. The molecule has 0 aliphatic carbocycles. The highest BCUT2D eigenvalue weighted by molar-refractivity contribution is 6.21. The van der Waals surface area contributed by atoms with E-state index in [1.807, 2.05) is 6.07 Å². The van der Waals surface area contributed by atoms with Gasteiger partial charge in [0.2, 0.25) is 0 Å². The van der Waals surface area contributed by atoms with Crippen LogP contribution in [0.15, 0.2) is 48.5 Å². The van der Waals surface area contributed by atoms with Crippen LogP contribution >= 0.6 is 0 Å². The summed E-state index contributed by atoms with van der Waals surface area (Å²) in [6, 6.07) is 13.4. The van der Waals surface area contributed by atoms with Crippen LogP contribution in [-0.2, 0) is 6.42 Å². The van der Waals surface area contributed by atoms with Gasteiger partial charge in [0.25, 0.3) is 11.8 Å². The standard InChI is InChI=1S/C18H16FNO2/c19-14-8-5-7-13(12-14)6-3-4-11-20-17(21)15-9-1-2-10-16(15)18(20)22/h1-2,5,7-10,12H,3-4,6,11H2. The number of amides is 2. The Morgan fingerprint density at radius 2 is 1.55 bits per heavy atom. The molecule has 0 aromatic heterocycles. The quantitative estimate of drug-likeness (QED) is 0.626. The van der Waals surface area contributed by atoms with Crippen LogP contribution in [0.3, 0.4) is 0 Å². The minimum absolute atomic E-state index is 0.216. The minimum atomic E-state index is -0.238. The van der Waals surface area contributed by atoms with Gasteiger partial charge in [-0.2, -0.15) is 0 Å². The summed E-state index contributed by atoms with van der Waals surface area (Å²) in [7, 11) is 0. The number of rotatable bonds is 5. The highest BCUT2D eigenvalue weighted by atomic mass is 19.1. The van der Waals surface area contributed by atoms with Crippen molar-refractivity contribution in [2.24, 2.45) is 0 Å². The van der Waals surface area contributed by atoms with Gasteiger partial charge in [-0.25, -0.2) is 4.39 Å². The summed E-state index contributed by atoms with van der Waals surface area (Å²) >= 11 is 0. The van der Waals surface area contributed by atoms with Crippen LogP contribution in [0.1, 0.15) is 39.1 Å².